The smallest absolute Gasteiger partial charge is 0.325 e. The molecule has 0 radical (unpaired) electrons. The van der Waals surface area contributed by atoms with Gasteiger partial charge >= 0.3 is 5.97 Å². The van der Waals surface area contributed by atoms with E-state index < -0.39 is 30.2 Å². The van der Waals surface area contributed by atoms with Crippen LogP contribution in [0.5, 0.6) is 11.5 Å². The molecule has 1 aliphatic rings. The van der Waals surface area contributed by atoms with Gasteiger partial charge in [-0.15, -0.1) is 0 Å². The lowest BCUT2D eigenvalue weighted by atomic mass is 10.1. The van der Waals surface area contributed by atoms with Crippen molar-refractivity contribution in [2.75, 3.05) is 34.4 Å². The first-order chi connectivity index (χ1) is 14.9. The molecule has 2 aromatic rings. The van der Waals surface area contributed by atoms with E-state index >= 15 is 0 Å². The van der Waals surface area contributed by atoms with Crippen LogP contribution in [0.1, 0.15) is 26.3 Å². The number of benzene rings is 2. The third-order valence-electron chi connectivity index (χ3n) is 4.86. The Bertz CT molecular complexity index is 977. The van der Waals surface area contributed by atoms with Gasteiger partial charge in [0, 0.05) is 12.6 Å². The van der Waals surface area contributed by atoms with Crippen molar-refractivity contribution in [2.24, 2.45) is 0 Å². The first kappa shape index (κ1) is 21.8. The number of carbonyl (C=O) groups excluding carboxylic acids is 4. The lowest BCUT2D eigenvalue weighted by molar-refractivity contribution is -0.147. The molecule has 0 aliphatic carbocycles. The van der Waals surface area contributed by atoms with Crippen LogP contribution in [0.4, 0.5) is 0 Å². The molecule has 0 saturated carbocycles. The highest BCUT2D eigenvalue weighted by molar-refractivity contribution is 6.22. The molecule has 31 heavy (non-hydrogen) atoms. The lowest BCUT2D eigenvalue weighted by Crippen LogP contribution is -2.44. The van der Waals surface area contributed by atoms with Crippen LogP contribution in [-0.2, 0) is 20.9 Å². The molecular formula is C22H22N2O7. The van der Waals surface area contributed by atoms with E-state index in [4.69, 9.17) is 14.2 Å². The molecule has 0 aromatic heterocycles. The van der Waals surface area contributed by atoms with Crippen LogP contribution in [-0.4, -0.2) is 67.9 Å². The molecule has 9 nitrogen and oxygen atoms in total. The van der Waals surface area contributed by atoms with Crippen LogP contribution in [0, 0.1) is 0 Å². The summed E-state index contributed by atoms with van der Waals surface area (Å²) in [7, 11) is 4.21. The Morgan fingerprint density at radius 1 is 0.903 bits per heavy atom. The van der Waals surface area contributed by atoms with Crippen molar-refractivity contribution in [1.82, 2.24) is 9.80 Å². The standard InChI is InChI=1S/C22H22N2O7/c1-29-15-8-14(9-16(10-15)30-2)11-23(13-20(26)31-3)19(25)12-24-21(27)17-6-4-5-7-18(17)22(24)28/h4-10H,11-13H2,1-3H3. The van der Waals surface area contributed by atoms with Crippen molar-refractivity contribution in [3.8, 4) is 11.5 Å². The molecule has 1 aliphatic heterocycles. The number of fused-ring (bicyclic) bond motifs is 1. The van der Waals surface area contributed by atoms with E-state index in [1.807, 2.05) is 0 Å². The molecule has 0 spiro atoms. The minimum atomic E-state index is -0.634. The highest BCUT2D eigenvalue weighted by atomic mass is 16.5. The van der Waals surface area contributed by atoms with Crippen LogP contribution >= 0.6 is 0 Å². The van der Waals surface area contributed by atoms with E-state index in [2.05, 4.69) is 0 Å². The quantitative estimate of drug-likeness (QED) is 0.466. The van der Waals surface area contributed by atoms with Crippen molar-refractivity contribution in [3.05, 3.63) is 59.2 Å². The third-order valence-corrected chi connectivity index (χ3v) is 4.86. The van der Waals surface area contributed by atoms with Crippen LogP contribution in [0.2, 0.25) is 0 Å². The second-order valence-electron chi connectivity index (χ2n) is 6.79. The largest absolute Gasteiger partial charge is 0.497 e. The number of nitrogens with zero attached hydrogens (tertiary/aromatic N) is 2. The molecule has 162 valence electrons. The average molecular weight is 426 g/mol. The minimum absolute atomic E-state index is 0.0185. The SMILES string of the molecule is COC(=O)CN(Cc1cc(OC)cc(OC)c1)C(=O)CN1C(=O)c2ccccc2C1=O. The van der Waals surface area contributed by atoms with E-state index in [0.29, 0.717) is 17.1 Å². The summed E-state index contributed by atoms with van der Waals surface area (Å²) in [5.74, 6) is -1.28. The first-order valence-corrected chi connectivity index (χ1v) is 9.39. The van der Waals surface area contributed by atoms with E-state index in [9.17, 15) is 19.2 Å². The van der Waals surface area contributed by atoms with Gasteiger partial charge in [-0.2, -0.15) is 0 Å². The van der Waals surface area contributed by atoms with Crippen LogP contribution < -0.4 is 9.47 Å². The average Bonchev–Trinajstić information content (AvgIpc) is 3.03. The normalized spacial score (nSPS) is 12.4. The fraction of sp³-hybridized carbons (Fsp3) is 0.273. The molecule has 2 aromatic carbocycles. The van der Waals surface area contributed by atoms with Gasteiger partial charge in [-0.05, 0) is 29.8 Å². The van der Waals surface area contributed by atoms with Crippen LogP contribution in [0.25, 0.3) is 0 Å². The van der Waals surface area contributed by atoms with E-state index in [-0.39, 0.29) is 24.2 Å². The summed E-state index contributed by atoms with van der Waals surface area (Å²) in [5.41, 5.74) is 1.13. The summed E-state index contributed by atoms with van der Waals surface area (Å²) < 4.78 is 15.2. The molecular weight excluding hydrogens is 404 g/mol. The molecule has 3 amide bonds. The maximum Gasteiger partial charge on any atom is 0.325 e. The predicted octanol–water partition coefficient (Wildman–Crippen LogP) is 1.50. The van der Waals surface area contributed by atoms with Crippen molar-refractivity contribution in [2.45, 2.75) is 6.54 Å². The van der Waals surface area contributed by atoms with Gasteiger partial charge in [0.05, 0.1) is 32.5 Å². The Morgan fingerprint density at radius 3 is 1.94 bits per heavy atom. The van der Waals surface area contributed by atoms with E-state index in [1.165, 1.54) is 38.4 Å². The number of hydrogen-bond acceptors (Lipinski definition) is 7. The topological polar surface area (TPSA) is 102 Å². The highest BCUT2D eigenvalue weighted by Crippen LogP contribution is 2.25. The summed E-state index contributed by atoms with van der Waals surface area (Å²) >= 11 is 0. The molecule has 0 atom stereocenters. The number of carbonyl (C=O) groups is 4. The van der Waals surface area contributed by atoms with E-state index in [1.54, 1.807) is 30.3 Å². The zero-order chi connectivity index (χ0) is 22.5. The molecule has 1 heterocycles. The second kappa shape index (κ2) is 9.29. The molecule has 0 N–H and O–H groups in total. The molecule has 3 rings (SSSR count). The van der Waals surface area contributed by atoms with Gasteiger partial charge in [0.2, 0.25) is 5.91 Å². The second-order valence-corrected chi connectivity index (χ2v) is 6.79. The van der Waals surface area contributed by atoms with Gasteiger partial charge < -0.3 is 19.1 Å². The Balaban J connectivity index is 1.82. The summed E-state index contributed by atoms with van der Waals surface area (Å²) in [6, 6.07) is 11.4. The van der Waals surface area contributed by atoms with Gasteiger partial charge in [0.15, 0.2) is 0 Å². The van der Waals surface area contributed by atoms with Crippen molar-refractivity contribution in [1.29, 1.82) is 0 Å². The molecule has 9 heteroatoms. The fourth-order valence-electron chi connectivity index (χ4n) is 3.25. The molecule has 0 saturated heterocycles. The zero-order valence-corrected chi connectivity index (χ0v) is 17.4. The predicted molar refractivity (Wildman–Crippen MR) is 109 cm³/mol. The number of imide groups is 1. The van der Waals surface area contributed by atoms with E-state index in [0.717, 1.165) is 4.90 Å². The number of hydrogen-bond donors (Lipinski definition) is 0. The number of methoxy groups -OCH3 is 3. The molecule has 0 unspecified atom stereocenters. The van der Waals surface area contributed by atoms with Crippen molar-refractivity contribution in [3.63, 3.8) is 0 Å². The third kappa shape index (κ3) is 4.66. The molecule has 0 fully saturated rings. The first-order valence-electron chi connectivity index (χ1n) is 9.39. The zero-order valence-electron chi connectivity index (χ0n) is 17.4. The monoisotopic (exact) mass is 426 g/mol. The van der Waals surface area contributed by atoms with Crippen LogP contribution in [0.15, 0.2) is 42.5 Å². The number of rotatable bonds is 8. The summed E-state index contributed by atoms with van der Waals surface area (Å²) in [4.78, 5) is 52.2. The lowest BCUT2D eigenvalue weighted by Gasteiger charge is -2.24. The Labute approximate surface area is 179 Å². The summed E-state index contributed by atoms with van der Waals surface area (Å²) in [6.07, 6.45) is 0. The Morgan fingerprint density at radius 2 is 1.45 bits per heavy atom. The van der Waals surface area contributed by atoms with Crippen molar-refractivity contribution < 1.29 is 33.4 Å². The van der Waals surface area contributed by atoms with Gasteiger partial charge in [0.1, 0.15) is 24.6 Å². The number of esters is 1. The van der Waals surface area contributed by atoms with Gasteiger partial charge in [-0.1, -0.05) is 12.1 Å². The number of amides is 3. The highest BCUT2D eigenvalue weighted by Gasteiger charge is 2.37. The maximum absolute atomic E-state index is 13.0. The van der Waals surface area contributed by atoms with Crippen LogP contribution in [0.3, 0.4) is 0 Å². The Kier molecular flexibility index (Phi) is 6.54. The van der Waals surface area contributed by atoms with Gasteiger partial charge in [-0.25, -0.2) is 0 Å². The summed E-state index contributed by atoms with van der Waals surface area (Å²) in [5, 5.41) is 0. The fourth-order valence-corrected chi connectivity index (χ4v) is 3.25. The van der Waals surface area contributed by atoms with Gasteiger partial charge in [-0.3, -0.25) is 24.1 Å². The maximum atomic E-state index is 13.0. The van der Waals surface area contributed by atoms with Crippen molar-refractivity contribution >= 4 is 23.7 Å². The summed E-state index contributed by atoms with van der Waals surface area (Å²) in [6.45, 7) is -0.826. The minimum Gasteiger partial charge on any atom is -0.497 e. The number of ether oxygens (including phenoxy) is 3. The van der Waals surface area contributed by atoms with Gasteiger partial charge in [0.25, 0.3) is 11.8 Å². The Hall–Kier alpha value is -3.88. The molecule has 0 bridgehead atoms.